The van der Waals surface area contributed by atoms with E-state index in [0.717, 1.165) is 5.56 Å². The molecule has 0 N–H and O–H groups in total. The molecule has 16 heavy (non-hydrogen) atoms. The van der Waals surface area contributed by atoms with Gasteiger partial charge in [0.1, 0.15) is 0 Å². The van der Waals surface area contributed by atoms with Crippen molar-refractivity contribution >= 4 is 35.5 Å². The molecule has 0 bridgehead atoms. The maximum Gasteiger partial charge on any atom is 0.252 e. The van der Waals surface area contributed by atoms with E-state index in [1.807, 2.05) is 6.92 Å². The molecule has 3 nitrogen and oxygen atoms in total. The van der Waals surface area contributed by atoms with Crippen LogP contribution in [-0.4, -0.2) is 18.2 Å². The minimum absolute atomic E-state index is 0.455. The molecule has 0 fully saturated rings. The zero-order valence-corrected chi connectivity index (χ0v) is 9.61. The van der Waals surface area contributed by atoms with Gasteiger partial charge in [0.05, 0.1) is 11.9 Å². The molecule has 1 aromatic carbocycles. The maximum absolute atomic E-state index is 10.9. The summed E-state index contributed by atoms with van der Waals surface area (Å²) in [6.45, 7) is 5.19. The Bertz CT molecular complexity index is 447. The van der Waals surface area contributed by atoms with Gasteiger partial charge >= 0.3 is 0 Å². The Morgan fingerprint density at radius 1 is 1.31 bits per heavy atom. The first-order valence-electron chi connectivity index (χ1n) is 4.64. The monoisotopic (exact) mass is 234 g/mol. The van der Waals surface area contributed by atoms with Crippen LogP contribution in [0.15, 0.2) is 40.5 Å². The van der Waals surface area contributed by atoms with E-state index in [-0.39, 0.29) is 0 Å². The lowest BCUT2D eigenvalue weighted by Gasteiger charge is -2.01. The van der Waals surface area contributed by atoms with Crippen molar-refractivity contribution in [1.29, 1.82) is 0 Å². The topological polar surface area (TPSA) is 41.8 Å². The summed E-state index contributed by atoms with van der Waals surface area (Å²) < 4.78 is 0. The molecule has 1 rings (SSSR count). The maximum atomic E-state index is 10.9. The number of carbonyl (C=O) groups is 1. The second kappa shape index (κ2) is 5.98. The van der Waals surface area contributed by atoms with E-state index in [1.54, 1.807) is 36.7 Å². The summed E-state index contributed by atoms with van der Waals surface area (Å²) in [4.78, 5) is 18.7. The van der Waals surface area contributed by atoms with E-state index in [1.165, 1.54) is 0 Å². The van der Waals surface area contributed by atoms with Crippen molar-refractivity contribution in [3.63, 3.8) is 0 Å². The van der Waals surface area contributed by atoms with Crippen LogP contribution in [0.25, 0.3) is 5.70 Å². The van der Waals surface area contributed by atoms with Crippen LogP contribution < -0.4 is 0 Å². The SMILES string of the molecule is C=N/C=C(\N=CC)c1ccc(C(=O)Cl)cc1. The van der Waals surface area contributed by atoms with Gasteiger partial charge in [-0.2, -0.15) is 0 Å². The van der Waals surface area contributed by atoms with Crippen LogP contribution in [0.5, 0.6) is 0 Å². The first kappa shape index (κ1) is 12.3. The van der Waals surface area contributed by atoms with Crippen LogP contribution in [0.3, 0.4) is 0 Å². The molecule has 0 unspecified atom stereocenters. The van der Waals surface area contributed by atoms with Crippen molar-refractivity contribution < 1.29 is 4.79 Å². The predicted octanol–water partition coefficient (Wildman–Crippen LogP) is 3.16. The van der Waals surface area contributed by atoms with Gasteiger partial charge < -0.3 is 0 Å². The van der Waals surface area contributed by atoms with Crippen molar-refractivity contribution in [2.75, 3.05) is 0 Å². The largest absolute Gasteiger partial charge is 0.276 e. The zero-order valence-electron chi connectivity index (χ0n) is 8.85. The highest BCUT2D eigenvalue weighted by Crippen LogP contribution is 2.17. The van der Waals surface area contributed by atoms with E-state index in [9.17, 15) is 4.79 Å². The van der Waals surface area contributed by atoms with Crippen LogP contribution >= 0.6 is 11.6 Å². The normalized spacial score (nSPS) is 11.8. The minimum atomic E-state index is -0.474. The second-order valence-corrected chi connectivity index (χ2v) is 3.28. The highest BCUT2D eigenvalue weighted by molar-refractivity contribution is 6.67. The molecule has 0 spiro atoms. The number of hydrogen-bond acceptors (Lipinski definition) is 3. The van der Waals surface area contributed by atoms with Gasteiger partial charge in [0.15, 0.2) is 0 Å². The number of rotatable bonds is 4. The molecule has 0 radical (unpaired) electrons. The van der Waals surface area contributed by atoms with E-state index in [0.29, 0.717) is 11.3 Å². The molecular formula is C12H11ClN2O. The Kier molecular flexibility index (Phi) is 4.61. The second-order valence-electron chi connectivity index (χ2n) is 2.94. The molecule has 0 amide bonds. The summed E-state index contributed by atoms with van der Waals surface area (Å²) in [5.74, 6) is 0. The summed E-state index contributed by atoms with van der Waals surface area (Å²) in [6.07, 6.45) is 3.22. The quantitative estimate of drug-likeness (QED) is 0.583. The Labute approximate surface area is 99.2 Å². The Hall–Kier alpha value is -1.74. The molecule has 0 aliphatic heterocycles. The van der Waals surface area contributed by atoms with E-state index < -0.39 is 5.24 Å². The molecule has 0 aliphatic rings. The lowest BCUT2D eigenvalue weighted by atomic mass is 10.1. The third-order valence-corrected chi connectivity index (χ3v) is 2.11. The van der Waals surface area contributed by atoms with Crippen molar-refractivity contribution in [2.24, 2.45) is 9.98 Å². The van der Waals surface area contributed by atoms with E-state index in [4.69, 9.17) is 11.6 Å². The lowest BCUT2D eigenvalue weighted by Crippen LogP contribution is -1.89. The average Bonchev–Trinajstić information content (AvgIpc) is 2.29. The summed E-state index contributed by atoms with van der Waals surface area (Å²) >= 11 is 5.35. The fourth-order valence-corrected chi connectivity index (χ4v) is 1.31. The highest BCUT2D eigenvalue weighted by atomic mass is 35.5. The van der Waals surface area contributed by atoms with Crippen LogP contribution in [0.2, 0.25) is 0 Å². The van der Waals surface area contributed by atoms with Gasteiger partial charge in [-0.1, -0.05) is 12.1 Å². The summed E-state index contributed by atoms with van der Waals surface area (Å²) in [5, 5.41) is -0.474. The molecule has 0 saturated carbocycles. The highest BCUT2D eigenvalue weighted by Gasteiger charge is 2.03. The van der Waals surface area contributed by atoms with E-state index >= 15 is 0 Å². The van der Waals surface area contributed by atoms with Gasteiger partial charge in [-0.3, -0.25) is 14.8 Å². The third-order valence-electron chi connectivity index (χ3n) is 1.89. The number of carbonyl (C=O) groups excluding carboxylic acids is 1. The number of hydrogen-bond donors (Lipinski definition) is 0. The van der Waals surface area contributed by atoms with Crippen molar-refractivity contribution in [2.45, 2.75) is 6.92 Å². The zero-order chi connectivity index (χ0) is 12.0. The van der Waals surface area contributed by atoms with Crippen molar-refractivity contribution in [1.82, 2.24) is 0 Å². The first-order valence-corrected chi connectivity index (χ1v) is 5.01. The van der Waals surface area contributed by atoms with Crippen LogP contribution in [0.1, 0.15) is 22.8 Å². The molecular weight excluding hydrogens is 224 g/mol. The van der Waals surface area contributed by atoms with Crippen molar-refractivity contribution in [3.05, 3.63) is 41.6 Å². The summed E-state index contributed by atoms with van der Waals surface area (Å²) in [5.41, 5.74) is 2.00. The Balaban J connectivity index is 3.08. The molecule has 0 aliphatic carbocycles. The number of nitrogens with zero attached hydrogens (tertiary/aromatic N) is 2. The Morgan fingerprint density at radius 2 is 1.88 bits per heavy atom. The smallest absolute Gasteiger partial charge is 0.252 e. The number of halogens is 1. The summed E-state index contributed by atoms with van der Waals surface area (Å²) in [7, 11) is 0. The van der Waals surface area contributed by atoms with E-state index in [2.05, 4.69) is 16.7 Å². The van der Waals surface area contributed by atoms with Gasteiger partial charge in [0.2, 0.25) is 0 Å². The van der Waals surface area contributed by atoms with Gasteiger partial charge in [0, 0.05) is 17.3 Å². The van der Waals surface area contributed by atoms with Crippen LogP contribution in [0, 0.1) is 0 Å². The number of benzene rings is 1. The average molecular weight is 235 g/mol. The van der Waals surface area contributed by atoms with Gasteiger partial charge in [-0.15, -0.1) is 0 Å². The van der Waals surface area contributed by atoms with Gasteiger partial charge in [-0.05, 0) is 37.4 Å². The molecule has 0 aromatic heterocycles. The van der Waals surface area contributed by atoms with Gasteiger partial charge in [-0.25, -0.2) is 0 Å². The van der Waals surface area contributed by atoms with Crippen LogP contribution in [0.4, 0.5) is 0 Å². The molecule has 1 aromatic rings. The number of aliphatic imine (C=N–C) groups is 2. The molecule has 4 heteroatoms. The third kappa shape index (κ3) is 3.14. The molecule has 0 saturated heterocycles. The fourth-order valence-electron chi connectivity index (χ4n) is 1.18. The molecule has 82 valence electrons. The standard InChI is InChI=1S/C12H11ClN2O/c1-3-15-11(8-14-2)9-4-6-10(7-5-9)12(13)16/h3-8H,2H2,1H3/b11-8-,15-3?. The summed E-state index contributed by atoms with van der Waals surface area (Å²) in [6, 6.07) is 6.82. The molecule has 0 atom stereocenters. The first-order chi connectivity index (χ1) is 7.69. The fraction of sp³-hybridized carbons (Fsp3) is 0.0833. The molecule has 0 heterocycles. The minimum Gasteiger partial charge on any atom is -0.276 e. The van der Waals surface area contributed by atoms with Gasteiger partial charge in [0.25, 0.3) is 5.24 Å². The van der Waals surface area contributed by atoms with Crippen molar-refractivity contribution in [3.8, 4) is 0 Å². The lowest BCUT2D eigenvalue weighted by molar-refractivity contribution is 0.108. The Morgan fingerprint density at radius 3 is 2.31 bits per heavy atom. The predicted molar refractivity (Wildman–Crippen MR) is 68.3 cm³/mol. The van der Waals surface area contributed by atoms with Crippen LogP contribution in [-0.2, 0) is 0 Å².